The smallest absolute Gasteiger partial charge is 0.293 e. The van der Waals surface area contributed by atoms with E-state index in [9.17, 15) is 14.9 Å². The van der Waals surface area contributed by atoms with Gasteiger partial charge < -0.3 is 15.4 Å². The Bertz CT molecular complexity index is 746. The summed E-state index contributed by atoms with van der Waals surface area (Å²) in [6.45, 7) is 2.74. The van der Waals surface area contributed by atoms with Crippen molar-refractivity contribution < 1.29 is 14.5 Å². The molecule has 0 aliphatic rings. The summed E-state index contributed by atoms with van der Waals surface area (Å²) < 4.78 is 4.91. The van der Waals surface area contributed by atoms with Crippen molar-refractivity contribution in [1.82, 2.24) is 0 Å². The number of nitro groups is 1. The van der Waals surface area contributed by atoms with Gasteiger partial charge in [-0.3, -0.25) is 14.9 Å². The quantitative estimate of drug-likeness (QED) is 0.462. The van der Waals surface area contributed by atoms with Gasteiger partial charge >= 0.3 is 0 Å². The summed E-state index contributed by atoms with van der Waals surface area (Å²) in [6.07, 6.45) is 0. The summed E-state index contributed by atoms with van der Waals surface area (Å²) in [6, 6.07) is 11.7. The van der Waals surface area contributed by atoms with Crippen LogP contribution in [0.15, 0.2) is 42.5 Å². The average molecular weight is 329 g/mol. The highest BCUT2D eigenvalue weighted by molar-refractivity contribution is 6.05. The Balaban J connectivity index is 2.21. The first-order valence-corrected chi connectivity index (χ1v) is 7.41. The summed E-state index contributed by atoms with van der Waals surface area (Å²) in [5.74, 6) is -0.393. The molecule has 2 N–H and O–H groups in total. The molecule has 126 valence electrons. The molecule has 0 aromatic heterocycles. The van der Waals surface area contributed by atoms with E-state index in [1.807, 2.05) is 25.1 Å². The largest absolute Gasteiger partial charge is 0.383 e. The lowest BCUT2D eigenvalue weighted by atomic mass is 10.1. The van der Waals surface area contributed by atoms with Crippen LogP contribution in [0.5, 0.6) is 0 Å². The highest BCUT2D eigenvalue weighted by Gasteiger charge is 2.17. The van der Waals surface area contributed by atoms with E-state index >= 15 is 0 Å². The van der Waals surface area contributed by atoms with Gasteiger partial charge in [0.2, 0.25) is 0 Å². The van der Waals surface area contributed by atoms with Crippen LogP contribution in [-0.4, -0.2) is 31.1 Å². The number of anilines is 2. The Labute approximate surface area is 139 Å². The number of ether oxygens (including phenoxy) is 1. The third-order valence-electron chi connectivity index (χ3n) is 3.47. The molecule has 2 aromatic rings. The van der Waals surface area contributed by atoms with Crippen molar-refractivity contribution in [2.75, 3.05) is 30.9 Å². The molecule has 0 bridgehead atoms. The maximum Gasteiger partial charge on any atom is 0.293 e. The lowest BCUT2D eigenvalue weighted by Crippen LogP contribution is -2.14. The number of nitrogens with one attached hydrogen (secondary N) is 2. The van der Waals surface area contributed by atoms with Gasteiger partial charge in [0.1, 0.15) is 5.69 Å². The normalized spacial score (nSPS) is 10.2. The van der Waals surface area contributed by atoms with Gasteiger partial charge in [-0.05, 0) is 30.7 Å². The highest BCUT2D eigenvalue weighted by Crippen LogP contribution is 2.26. The number of rotatable bonds is 7. The summed E-state index contributed by atoms with van der Waals surface area (Å²) in [5.41, 5.74) is 2.01. The van der Waals surface area contributed by atoms with Gasteiger partial charge in [-0.1, -0.05) is 18.2 Å². The summed E-state index contributed by atoms with van der Waals surface area (Å²) in [4.78, 5) is 23.1. The molecule has 0 aliphatic heterocycles. The second-order valence-electron chi connectivity index (χ2n) is 5.18. The number of hydrogen-bond donors (Lipinski definition) is 2. The van der Waals surface area contributed by atoms with Gasteiger partial charge in [0.05, 0.1) is 11.5 Å². The highest BCUT2D eigenvalue weighted by atomic mass is 16.6. The number of methoxy groups -OCH3 is 1. The van der Waals surface area contributed by atoms with E-state index in [0.29, 0.717) is 24.5 Å². The molecule has 7 nitrogen and oxygen atoms in total. The van der Waals surface area contributed by atoms with Crippen LogP contribution in [-0.2, 0) is 4.74 Å². The van der Waals surface area contributed by atoms with Crippen LogP contribution < -0.4 is 10.6 Å². The SMILES string of the molecule is COCCNc1ccc(C(=O)Nc2ccccc2C)cc1[N+](=O)[O-]. The monoisotopic (exact) mass is 329 g/mol. The number of para-hydroxylation sites is 1. The zero-order valence-electron chi connectivity index (χ0n) is 13.5. The van der Waals surface area contributed by atoms with Crippen LogP contribution >= 0.6 is 0 Å². The number of nitro benzene ring substituents is 1. The van der Waals surface area contributed by atoms with Crippen molar-refractivity contribution in [3.63, 3.8) is 0 Å². The third kappa shape index (κ3) is 4.30. The van der Waals surface area contributed by atoms with Crippen LogP contribution in [0.3, 0.4) is 0 Å². The molecule has 0 saturated heterocycles. The van der Waals surface area contributed by atoms with E-state index in [1.54, 1.807) is 19.2 Å². The Morgan fingerprint density at radius 2 is 1.96 bits per heavy atom. The van der Waals surface area contributed by atoms with Gasteiger partial charge in [-0.2, -0.15) is 0 Å². The van der Waals surface area contributed by atoms with Gasteiger partial charge in [0.15, 0.2) is 0 Å². The number of carbonyl (C=O) groups excluding carboxylic acids is 1. The average Bonchev–Trinajstić information content (AvgIpc) is 2.57. The number of nitrogens with zero attached hydrogens (tertiary/aromatic N) is 1. The number of amides is 1. The van der Waals surface area contributed by atoms with Crippen molar-refractivity contribution in [3.8, 4) is 0 Å². The first kappa shape index (κ1) is 17.4. The zero-order chi connectivity index (χ0) is 17.5. The fourth-order valence-corrected chi connectivity index (χ4v) is 2.17. The molecule has 2 rings (SSSR count). The van der Waals surface area contributed by atoms with Crippen LogP contribution in [0.4, 0.5) is 17.1 Å². The fraction of sp³-hybridized carbons (Fsp3) is 0.235. The van der Waals surface area contributed by atoms with E-state index in [-0.39, 0.29) is 11.3 Å². The Kier molecular flexibility index (Phi) is 5.86. The molecule has 0 spiro atoms. The Morgan fingerprint density at radius 1 is 1.21 bits per heavy atom. The minimum atomic E-state index is -0.514. The molecule has 0 unspecified atom stereocenters. The molecule has 0 heterocycles. The van der Waals surface area contributed by atoms with E-state index in [0.717, 1.165) is 5.56 Å². The van der Waals surface area contributed by atoms with Crippen molar-refractivity contribution in [2.24, 2.45) is 0 Å². The van der Waals surface area contributed by atoms with Crippen molar-refractivity contribution >= 4 is 23.0 Å². The molecule has 1 amide bonds. The first-order chi connectivity index (χ1) is 11.5. The number of carbonyl (C=O) groups is 1. The van der Waals surface area contributed by atoms with Crippen molar-refractivity contribution in [2.45, 2.75) is 6.92 Å². The molecule has 0 fully saturated rings. The predicted octanol–water partition coefficient (Wildman–Crippen LogP) is 3.21. The predicted molar refractivity (Wildman–Crippen MR) is 92.6 cm³/mol. The van der Waals surface area contributed by atoms with E-state index < -0.39 is 10.8 Å². The van der Waals surface area contributed by atoms with Crippen LogP contribution in [0.25, 0.3) is 0 Å². The maximum atomic E-state index is 12.3. The molecular formula is C17H19N3O4. The lowest BCUT2D eigenvalue weighted by molar-refractivity contribution is -0.384. The molecule has 0 aliphatic carbocycles. The molecule has 0 saturated carbocycles. The van der Waals surface area contributed by atoms with Gasteiger partial charge in [0.25, 0.3) is 11.6 Å². The Morgan fingerprint density at radius 3 is 2.62 bits per heavy atom. The molecule has 0 radical (unpaired) electrons. The minimum absolute atomic E-state index is 0.150. The lowest BCUT2D eigenvalue weighted by Gasteiger charge is -2.10. The standard InChI is InChI=1S/C17H19N3O4/c1-12-5-3-4-6-14(12)19-17(21)13-7-8-15(18-9-10-24-2)16(11-13)20(22)23/h3-8,11,18H,9-10H2,1-2H3,(H,19,21). The van der Waals surface area contributed by atoms with Crippen molar-refractivity contribution in [1.29, 1.82) is 0 Å². The number of hydrogen-bond acceptors (Lipinski definition) is 5. The van der Waals surface area contributed by atoms with E-state index in [1.165, 1.54) is 12.1 Å². The van der Waals surface area contributed by atoms with Crippen LogP contribution in [0, 0.1) is 17.0 Å². The van der Waals surface area contributed by atoms with E-state index in [4.69, 9.17) is 4.74 Å². The number of aryl methyl sites for hydroxylation is 1. The summed E-state index contributed by atoms with van der Waals surface area (Å²) >= 11 is 0. The van der Waals surface area contributed by atoms with Crippen molar-refractivity contribution in [3.05, 3.63) is 63.7 Å². The van der Waals surface area contributed by atoms with Gasteiger partial charge in [-0.25, -0.2) is 0 Å². The van der Waals surface area contributed by atoms with E-state index in [2.05, 4.69) is 10.6 Å². The molecule has 24 heavy (non-hydrogen) atoms. The maximum absolute atomic E-state index is 12.3. The topological polar surface area (TPSA) is 93.5 Å². The zero-order valence-corrected chi connectivity index (χ0v) is 13.5. The van der Waals surface area contributed by atoms with Gasteiger partial charge in [0, 0.05) is 31.0 Å². The van der Waals surface area contributed by atoms with Crippen LogP contribution in [0.1, 0.15) is 15.9 Å². The summed E-state index contributed by atoms with van der Waals surface area (Å²) in [5, 5.41) is 16.9. The second-order valence-corrected chi connectivity index (χ2v) is 5.18. The van der Waals surface area contributed by atoms with Crippen LogP contribution in [0.2, 0.25) is 0 Å². The Hall–Kier alpha value is -2.93. The molecule has 2 aromatic carbocycles. The molecule has 0 atom stereocenters. The molecular weight excluding hydrogens is 310 g/mol. The fourth-order valence-electron chi connectivity index (χ4n) is 2.17. The van der Waals surface area contributed by atoms with Gasteiger partial charge in [-0.15, -0.1) is 0 Å². The first-order valence-electron chi connectivity index (χ1n) is 7.41. The minimum Gasteiger partial charge on any atom is -0.383 e. The number of benzene rings is 2. The third-order valence-corrected chi connectivity index (χ3v) is 3.47. The second kappa shape index (κ2) is 8.07. The summed E-state index contributed by atoms with van der Waals surface area (Å²) in [7, 11) is 1.55. The molecule has 7 heteroatoms.